The van der Waals surface area contributed by atoms with Crippen molar-refractivity contribution in [2.75, 3.05) is 13.7 Å². The maximum atomic E-state index is 11.3. The minimum atomic E-state index is -0.855. The van der Waals surface area contributed by atoms with E-state index in [9.17, 15) is 9.59 Å². The van der Waals surface area contributed by atoms with Crippen LogP contribution in [-0.4, -0.2) is 41.1 Å². The molecule has 0 aliphatic rings. The highest BCUT2D eigenvalue weighted by Crippen LogP contribution is 2.17. The number of rotatable bonds is 5. The second kappa shape index (κ2) is 6.52. The van der Waals surface area contributed by atoms with Crippen molar-refractivity contribution >= 4 is 11.9 Å². The highest BCUT2D eigenvalue weighted by atomic mass is 16.5. The average Bonchev–Trinajstić information content (AvgIpc) is 2.36. The number of hydrogen-bond donors (Lipinski definition) is 1. The van der Waals surface area contributed by atoms with Gasteiger partial charge in [0.05, 0.1) is 19.2 Å². The topological polar surface area (TPSA) is 66.8 Å². The summed E-state index contributed by atoms with van der Waals surface area (Å²) in [5.41, 5.74) is 1.19. The fourth-order valence-electron chi connectivity index (χ4n) is 1.78. The molecule has 0 fully saturated rings. The highest BCUT2D eigenvalue weighted by Gasteiger charge is 2.23. The first-order valence-corrected chi connectivity index (χ1v) is 6.38. The minimum absolute atomic E-state index is 0.0255. The van der Waals surface area contributed by atoms with Gasteiger partial charge in [-0.3, -0.25) is 9.69 Å². The van der Waals surface area contributed by atoms with Crippen LogP contribution < -0.4 is 0 Å². The van der Waals surface area contributed by atoms with Crippen molar-refractivity contribution in [3.8, 4) is 0 Å². The van der Waals surface area contributed by atoms with Gasteiger partial charge in [0.25, 0.3) is 0 Å². The van der Waals surface area contributed by atoms with Gasteiger partial charge in [-0.05, 0) is 38.5 Å². The Bertz CT molecular complexity index is 474. The van der Waals surface area contributed by atoms with E-state index in [4.69, 9.17) is 5.11 Å². The quantitative estimate of drug-likeness (QED) is 0.837. The number of benzene rings is 1. The molecule has 5 heteroatoms. The second-order valence-corrected chi connectivity index (χ2v) is 5.61. The van der Waals surface area contributed by atoms with Gasteiger partial charge in [0, 0.05) is 12.1 Å². The molecule has 0 atom stereocenters. The van der Waals surface area contributed by atoms with Gasteiger partial charge >= 0.3 is 11.9 Å². The summed E-state index contributed by atoms with van der Waals surface area (Å²) < 4.78 is 4.64. The first-order chi connectivity index (χ1) is 9.24. The van der Waals surface area contributed by atoms with Crippen LogP contribution in [0.1, 0.15) is 36.7 Å². The molecule has 0 heterocycles. The maximum Gasteiger partial charge on any atom is 0.337 e. The predicted octanol–water partition coefficient (Wildman–Crippen LogP) is 2.16. The second-order valence-electron chi connectivity index (χ2n) is 5.61. The number of esters is 1. The van der Waals surface area contributed by atoms with Crippen LogP contribution in [-0.2, 0) is 16.1 Å². The van der Waals surface area contributed by atoms with Crippen LogP contribution in [0.25, 0.3) is 0 Å². The standard InChI is InChI=1S/C15H21NO4/c1-15(2,3)16(10-13(17)18)9-11-5-7-12(8-6-11)14(19)20-4/h5-8H,9-10H2,1-4H3,(H,17,18). The Balaban J connectivity index is 2.84. The highest BCUT2D eigenvalue weighted by molar-refractivity contribution is 5.89. The number of carbonyl (C=O) groups excluding carboxylic acids is 1. The zero-order valence-electron chi connectivity index (χ0n) is 12.3. The van der Waals surface area contributed by atoms with Crippen molar-refractivity contribution in [1.82, 2.24) is 4.90 Å². The number of ether oxygens (including phenoxy) is 1. The van der Waals surface area contributed by atoms with Crippen LogP contribution in [0.5, 0.6) is 0 Å². The van der Waals surface area contributed by atoms with Crippen molar-refractivity contribution in [2.45, 2.75) is 32.9 Å². The van der Waals surface area contributed by atoms with Gasteiger partial charge in [-0.1, -0.05) is 12.1 Å². The minimum Gasteiger partial charge on any atom is -0.480 e. The molecule has 110 valence electrons. The number of carboxylic acid groups (broad SMARTS) is 1. The molecule has 0 aromatic heterocycles. The first-order valence-electron chi connectivity index (χ1n) is 6.38. The number of hydrogen-bond acceptors (Lipinski definition) is 4. The van der Waals surface area contributed by atoms with E-state index in [2.05, 4.69) is 4.74 Å². The first kappa shape index (κ1) is 16.2. The molecule has 0 saturated heterocycles. The van der Waals surface area contributed by atoms with Crippen molar-refractivity contribution in [2.24, 2.45) is 0 Å². The summed E-state index contributed by atoms with van der Waals surface area (Å²) in [5, 5.41) is 8.97. The van der Waals surface area contributed by atoms with Crippen molar-refractivity contribution < 1.29 is 19.4 Å². The van der Waals surface area contributed by atoms with Gasteiger partial charge in [0.15, 0.2) is 0 Å². The molecular formula is C15H21NO4. The maximum absolute atomic E-state index is 11.3. The number of nitrogens with zero attached hydrogens (tertiary/aromatic N) is 1. The smallest absolute Gasteiger partial charge is 0.337 e. The molecular weight excluding hydrogens is 258 g/mol. The molecule has 0 radical (unpaired) electrons. The van der Waals surface area contributed by atoms with Gasteiger partial charge in [0.1, 0.15) is 0 Å². The van der Waals surface area contributed by atoms with E-state index in [1.807, 2.05) is 37.8 Å². The SMILES string of the molecule is COC(=O)c1ccc(CN(CC(=O)O)C(C)(C)C)cc1. The van der Waals surface area contributed by atoms with Crippen LogP contribution >= 0.6 is 0 Å². The predicted molar refractivity (Wildman–Crippen MR) is 75.6 cm³/mol. The average molecular weight is 279 g/mol. The van der Waals surface area contributed by atoms with Gasteiger partial charge in [-0.15, -0.1) is 0 Å². The summed E-state index contributed by atoms with van der Waals surface area (Å²) >= 11 is 0. The zero-order valence-corrected chi connectivity index (χ0v) is 12.3. The monoisotopic (exact) mass is 279 g/mol. The van der Waals surface area contributed by atoms with Crippen molar-refractivity contribution in [1.29, 1.82) is 0 Å². The largest absolute Gasteiger partial charge is 0.480 e. The molecule has 0 amide bonds. The lowest BCUT2D eigenvalue weighted by Crippen LogP contribution is -2.43. The van der Waals surface area contributed by atoms with E-state index >= 15 is 0 Å². The fraction of sp³-hybridized carbons (Fsp3) is 0.467. The lowest BCUT2D eigenvalue weighted by molar-refractivity contribution is -0.139. The normalized spacial score (nSPS) is 11.4. The van der Waals surface area contributed by atoms with E-state index in [-0.39, 0.29) is 18.1 Å². The molecule has 0 spiro atoms. The molecule has 0 aliphatic carbocycles. The lowest BCUT2D eigenvalue weighted by atomic mass is 10.0. The summed E-state index contributed by atoms with van der Waals surface area (Å²) in [6.45, 7) is 6.40. The molecule has 1 aromatic rings. The Hall–Kier alpha value is -1.88. The van der Waals surface area contributed by atoms with Gasteiger partial charge in [0.2, 0.25) is 0 Å². The fourth-order valence-corrected chi connectivity index (χ4v) is 1.78. The Morgan fingerprint density at radius 2 is 1.75 bits per heavy atom. The van der Waals surface area contributed by atoms with Gasteiger partial charge in [-0.2, -0.15) is 0 Å². The molecule has 1 rings (SSSR count). The Morgan fingerprint density at radius 1 is 1.20 bits per heavy atom. The van der Waals surface area contributed by atoms with E-state index in [1.165, 1.54) is 7.11 Å². The summed E-state index contributed by atoms with van der Waals surface area (Å²) in [6.07, 6.45) is 0. The van der Waals surface area contributed by atoms with Crippen molar-refractivity contribution in [3.05, 3.63) is 35.4 Å². The zero-order chi connectivity index (χ0) is 15.3. The third kappa shape index (κ3) is 4.66. The van der Waals surface area contributed by atoms with E-state index in [1.54, 1.807) is 12.1 Å². The molecule has 0 bridgehead atoms. The van der Waals surface area contributed by atoms with E-state index in [0.29, 0.717) is 12.1 Å². The third-order valence-corrected chi connectivity index (χ3v) is 3.02. The number of methoxy groups -OCH3 is 1. The Morgan fingerprint density at radius 3 is 2.15 bits per heavy atom. The lowest BCUT2D eigenvalue weighted by Gasteiger charge is -2.34. The third-order valence-electron chi connectivity index (χ3n) is 3.02. The van der Waals surface area contributed by atoms with Crippen LogP contribution in [0.3, 0.4) is 0 Å². The van der Waals surface area contributed by atoms with E-state index in [0.717, 1.165) is 5.56 Å². The summed E-state index contributed by atoms with van der Waals surface area (Å²) in [4.78, 5) is 24.1. The molecule has 1 aromatic carbocycles. The summed E-state index contributed by atoms with van der Waals surface area (Å²) in [5.74, 6) is -1.24. The van der Waals surface area contributed by atoms with E-state index < -0.39 is 5.97 Å². The van der Waals surface area contributed by atoms with Crippen molar-refractivity contribution in [3.63, 3.8) is 0 Å². The molecule has 0 saturated carbocycles. The summed E-state index contributed by atoms with van der Waals surface area (Å²) in [6, 6.07) is 6.99. The molecule has 20 heavy (non-hydrogen) atoms. The molecule has 1 N–H and O–H groups in total. The molecule has 0 unspecified atom stereocenters. The van der Waals surface area contributed by atoms with Gasteiger partial charge < -0.3 is 9.84 Å². The van der Waals surface area contributed by atoms with Crippen LogP contribution in [0.4, 0.5) is 0 Å². The van der Waals surface area contributed by atoms with Crippen LogP contribution in [0.15, 0.2) is 24.3 Å². The number of carbonyl (C=O) groups is 2. The van der Waals surface area contributed by atoms with Gasteiger partial charge in [-0.25, -0.2) is 4.79 Å². The summed E-state index contributed by atoms with van der Waals surface area (Å²) in [7, 11) is 1.34. The molecule has 5 nitrogen and oxygen atoms in total. The number of carboxylic acids is 1. The Kier molecular flexibility index (Phi) is 5.27. The Labute approximate surface area is 119 Å². The molecule has 0 aliphatic heterocycles. The van der Waals surface area contributed by atoms with Crippen LogP contribution in [0, 0.1) is 0 Å². The number of aliphatic carboxylic acids is 1. The van der Waals surface area contributed by atoms with Crippen LogP contribution in [0.2, 0.25) is 0 Å².